The summed E-state index contributed by atoms with van der Waals surface area (Å²) in [7, 11) is 1.71. The van der Waals surface area contributed by atoms with Gasteiger partial charge < -0.3 is 14.8 Å². The van der Waals surface area contributed by atoms with E-state index in [1.807, 2.05) is 0 Å². The van der Waals surface area contributed by atoms with Crippen LogP contribution in [0.1, 0.15) is 44.4 Å². The van der Waals surface area contributed by atoms with Gasteiger partial charge in [-0.2, -0.15) is 0 Å². The van der Waals surface area contributed by atoms with Gasteiger partial charge in [0.1, 0.15) is 0 Å². The molecule has 0 aromatic heterocycles. The Morgan fingerprint density at radius 2 is 2.22 bits per heavy atom. The molecule has 0 spiro atoms. The summed E-state index contributed by atoms with van der Waals surface area (Å²) in [5.74, 6) is 1.78. The summed E-state index contributed by atoms with van der Waals surface area (Å²) in [5, 5.41) is 3.60. The van der Waals surface area contributed by atoms with Crippen LogP contribution in [0.15, 0.2) is 12.1 Å². The van der Waals surface area contributed by atoms with Gasteiger partial charge >= 0.3 is 0 Å². The molecule has 18 heavy (non-hydrogen) atoms. The highest BCUT2D eigenvalue weighted by atomic mass is 16.5. The molecule has 3 heteroatoms. The molecule has 0 radical (unpaired) electrons. The molecule has 1 aromatic carbocycles. The molecular formula is C15H23NO2. The minimum Gasteiger partial charge on any atom is -0.493 e. The lowest BCUT2D eigenvalue weighted by Gasteiger charge is -2.30. The van der Waals surface area contributed by atoms with Crippen LogP contribution in [0, 0.1) is 0 Å². The first kappa shape index (κ1) is 13.2. The Kier molecular flexibility index (Phi) is 4.12. The fraction of sp³-hybridized carbons (Fsp3) is 0.600. The maximum Gasteiger partial charge on any atom is 0.165 e. The monoisotopic (exact) mass is 249 g/mol. The van der Waals surface area contributed by atoms with Crippen LogP contribution >= 0.6 is 0 Å². The maximum absolute atomic E-state index is 5.79. The van der Waals surface area contributed by atoms with E-state index in [1.165, 1.54) is 11.1 Å². The lowest BCUT2D eigenvalue weighted by molar-refractivity contribution is 0.234. The van der Waals surface area contributed by atoms with Crippen LogP contribution in [0.3, 0.4) is 0 Å². The van der Waals surface area contributed by atoms with Crippen molar-refractivity contribution in [2.75, 3.05) is 13.7 Å². The van der Waals surface area contributed by atoms with E-state index in [4.69, 9.17) is 9.47 Å². The van der Waals surface area contributed by atoms with E-state index in [0.717, 1.165) is 30.9 Å². The van der Waals surface area contributed by atoms with Gasteiger partial charge in [-0.1, -0.05) is 26.8 Å². The van der Waals surface area contributed by atoms with Gasteiger partial charge in [-0.15, -0.1) is 0 Å². The molecular weight excluding hydrogens is 226 g/mol. The summed E-state index contributed by atoms with van der Waals surface area (Å²) >= 11 is 0. The average molecular weight is 249 g/mol. The number of ether oxygens (including phenoxy) is 2. The smallest absolute Gasteiger partial charge is 0.165 e. The summed E-state index contributed by atoms with van der Waals surface area (Å²) in [4.78, 5) is 0. The van der Waals surface area contributed by atoms with Crippen LogP contribution in [-0.4, -0.2) is 19.8 Å². The lowest BCUT2D eigenvalue weighted by Crippen LogP contribution is -2.32. The lowest BCUT2D eigenvalue weighted by atomic mass is 9.96. The summed E-state index contributed by atoms with van der Waals surface area (Å²) in [6.07, 6.45) is 2.03. The zero-order chi connectivity index (χ0) is 13.1. The van der Waals surface area contributed by atoms with Crippen LogP contribution < -0.4 is 14.8 Å². The van der Waals surface area contributed by atoms with E-state index in [9.17, 15) is 0 Å². The van der Waals surface area contributed by atoms with Crippen LogP contribution in [0.25, 0.3) is 0 Å². The minimum atomic E-state index is 0.370. The molecule has 100 valence electrons. The third-order valence-corrected chi connectivity index (χ3v) is 3.33. The van der Waals surface area contributed by atoms with E-state index < -0.39 is 0 Å². The van der Waals surface area contributed by atoms with Gasteiger partial charge in [-0.05, 0) is 18.1 Å². The fourth-order valence-electron chi connectivity index (χ4n) is 2.46. The SMILES string of the molecule is CCc1cc(OC)c2c(c1)C(NC(C)C)CCO2. The van der Waals surface area contributed by atoms with Crippen molar-refractivity contribution >= 4 is 0 Å². The van der Waals surface area contributed by atoms with Crippen molar-refractivity contribution in [3.63, 3.8) is 0 Å². The number of benzene rings is 1. The van der Waals surface area contributed by atoms with E-state index >= 15 is 0 Å². The average Bonchev–Trinajstić information content (AvgIpc) is 2.37. The standard InChI is InChI=1S/C15H23NO2/c1-5-11-8-12-13(16-10(2)3)6-7-18-15(12)14(9-11)17-4/h8-10,13,16H,5-7H2,1-4H3. The molecule has 1 N–H and O–H groups in total. The quantitative estimate of drug-likeness (QED) is 0.889. The predicted molar refractivity (Wildman–Crippen MR) is 73.5 cm³/mol. The second-order valence-electron chi connectivity index (χ2n) is 5.08. The number of hydrogen-bond acceptors (Lipinski definition) is 3. The van der Waals surface area contributed by atoms with Crippen molar-refractivity contribution in [2.45, 2.75) is 45.7 Å². The highest BCUT2D eigenvalue weighted by Gasteiger charge is 2.25. The van der Waals surface area contributed by atoms with Gasteiger partial charge in [0.15, 0.2) is 11.5 Å². The zero-order valence-corrected chi connectivity index (χ0v) is 11.7. The molecule has 1 atom stereocenters. The predicted octanol–water partition coefficient (Wildman–Crippen LogP) is 3.08. The van der Waals surface area contributed by atoms with Crippen LogP contribution in [-0.2, 0) is 6.42 Å². The molecule has 1 aliphatic heterocycles. The van der Waals surface area contributed by atoms with E-state index in [2.05, 4.69) is 38.2 Å². The van der Waals surface area contributed by atoms with Gasteiger partial charge in [0.25, 0.3) is 0 Å². The first-order valence-electron chi connectivity index (χ1n) is 6.75. The molecule has 0 bridgehead atoms. The second-order valence-corrected chi connectivity index (χ2v) is 5.08. The number of fused-ring (bicyclic) bond motifs is 1. The third-order valence-electron chi connectivity index (χ3n) is 3.33. The number of methoxy groups -OCH3 is 1. The molecule has 2 rings (SSSR count). The van der Waals surface area contributed by atoms with Crippen molar-refractivity contribution in [1.29, 1.82) is 0 Å². The molecule has 3 nitrogen and oxygen atoms in total. The molecule has 0 aliphatic carbocycles. The normalized spacial score (nSPS) is 18.4. The van der Waals surface area contributed by atoms with E-state index in [1.54, 1.807) is 7.11 Å². The summed E-state index contributed by atoms with van der Waals surface area (Å²) in [5.41, 5.74) is 2.54. The fourth-order valence-corrected chi connectivity index (χ4v) is 2.46. The molecule has 1 aliphatic rings. The second kappa shape index (κ2) is 5.61. The molecule has 0 fully saturated rings. The number of rotatable bonds is 4. The van der Waals surface area contributed by atoms with Crippen molar-refractivity contribution in [2.24, 2.45) is 0 Å². The Morgan fingerprint density at radius 1 is 1.44 bits per heavy atom. The van der Waals surface area contributed by atoms with Crippen molar-refractivity contribution < 1.29 is 9.47 Å². The Hall–Kier alpha value is -1.22. The number of nitrogens with one attached hydrogen (secondary N) is 1. The topological polar surface area (TPSA) is 30.5 Å². The van der Waals surface area contributed by atoms with Gasteiger partial charge in [0, 0.05) is 24.1 Å². The van der Waals surface area contributed by atoms with Crippen molar-refractivity contribution in [3.05, 3.63) is 23.3 Å². The molecule has 0 saturated heterocycles. The molecule has 0 amide bonds. The van der Waals surface area contributed by atoms with E-state index in [0.29, 0.717) is 12.1 Å². The highest BCUT2D eigenvalue weighted by Crippen LogP contribution is 2.40. The Bertz CT molecular complexity index is 415. The summed E-state index contributed by atoms with van der Waals surface area (Å²) in [6.45, 7) is 7.26. The largest absolute Gasteiger partial charge is 0.493 e. The van der Waals surface area contributed by atoms with E-state index in [-0.39, 0.29) is 0 Å². The summed E-state index contributed by atoms with van der Waals surface area (Å²) < 4.78 is 11.2. The summed E-state index contributed by atoms with van der Waals surface area (Å²) in [6, 6.07) is 5.17. The minimum absolute atomic E-state index is 0.370. The van der Waals surface area contributed by atoms with Crippen molar-refractivity contribution in [1.82, 2.24) is 5.32 Å². The van der Waals surface area contributed by atoms with Gasteiger partial charge in [-0.3, -0.25) is 0 Å². The van der Waals surface area contributed by atoms with Gasteiger partial charge in [0.05, 0.1) is 13.7 Å². The van der Waals surface area contributed by atoms with Gasteiger partial charge in [-0.25, -0.2) is 0 Å². The Labute approximate surface area is 109 Å². The molecule has 1 aromatic rings. The zero-order valence-electron chi connectivity index (χ0n) is 11.7. The number of hydrogen-bond donors (Lipinski definition) is 1. The molecule has 1 heterocycles. The van der Waals surface area contributed by atoms with Crippen LogP contribution in [0.5, 0.6) is 11.5 Å². The first-order chi connectivity index (χ1) is 8.65. The van der Waals surface area contributed by atoms with Crippen molar-refractivity contribution in [3.8, 4) is 11.5 Å². The Morgan fingerprint density at radius 3 is 2.83 bits per heavy atom. The highest BCUT2D eigenvalue weighted by molar-refractivity contribution is 5.51. The molecule has 0 saturated carbocycles. The third kappa shape index (κ3) is 2.61. The maximum atomic E-state index is 5.79. The number of aryl methyl sites for hydroxylation is 1. The van der Waals surface area contributed by atoms with Crippen LogP contribution in [0.4, 0.5) is 0 Å². The molecule has 1 unspecified atom stereocenters. The van der Waals surface area contributed by atoms with Crippen LogP contribution in [0.2, 0.25) is 0 Å². The Balaban J connectivity index is 2.41. The first-order valence-corrected chi connectivity index (χ1v) is 6.75. The van der Waals surface area contributed by atoms with Gasteiger partial charge in [0.2, 0.25) is 0 Å².